The lowest BCUT2D eigenvalue weighted by Gasteiger charge is -2.15. The second kappa shape index (κ2) is 5.37. The summed E-state index contributed by atoms with van der Waals surface area (Å²) in [5.41, 5.74) is 0.272. The number of hydrogen-bond donors (Lipinski definition) is 1. The number of H-pyrrole nitrogens is 1. The molecule has 1 saturated heterocycles. The average Bonchev–Trinajstić information content (AvgIpc) is 2.92. The molecule has 0 spiro atoms. The van der Waals surface area contributed by atoms with Crippen LogP contribution >= 0.6 is 10.7 Å². The average molecular weight is 320 g/mol. The Morgan fingerprint density at radius 2 is 2.15 bits per heavy atom. The molecule has 1 aliphatic heterocycles. The molecule has 0 bridgehead atoms. The molecule has 1 unspecified atom stereocenters. The standard InChI is InChI=1S/C12H18ClN3O3S/c1-7(2)9-11(20(13,18)19)10(15-14-9)12(17)16-5-4-8(3)6-16/h7-8H,4-6H2,1-3H3,(H,14,15). The first-order valence-corrected chi connectivity index (χ1v) is 8.85. The third kappa shape index (κ3) is 2.83. The van der Waals surface area contributed by atoms with Crippen LogP contribution in [-0.2, 0) is 9.05 Å². The van der Waals surface area contributed by atoms with Crippen LogP contribution in [0, 0.1) is 5.92 Å². The smallest absolute Gasteiger partial charge is 0.275 e. The highest BCUT2D eigenvalue weighted by atomic mass is 35.7. The number of carbonyl (C=O) groups excluding carboxylic acids is 1. The number of nitrogens with zero attached hydrogens (tertiary/aromatic N) is 2. The fourth-order valence-electron chi connectivity index (χ4n) is 2.40. The van der Waals surface area contributed by atoms with E-state index in [4.69, 9.17) is 10.7 Å². The highest BCUT2D eigenvalue weighted by Gasteiger charge is 2.33. The van der Waals surface area contributed by atoms with E-state index in [1.807, 2.05) is 13.8 Å². The molecule has 6 nitrogen and oxygen atoms in total. The van der Waals surface area contributed by atoms with E-state index in [0.717, 1.165) is 6.42 Å². The molecule has 112 valence electrons. The van der Waals surface area contributed by atoms with Crippen molar-refractivity contribution in [1.82, 2.24) is 15.1 Å². The van der Waals surface area contributed by atoms with Crippen LogP contribution in [0.5, 0.6) is 0 Å². The summed E-state index contributed by atoms with van der Waals surface area (Å²) >= 11 is 0. The molecule has 0 aromatic carbocycles. The van der Waals surface area contributed by atoms with Gasteiger partial charge in [-0.3, -0.25) is 9.89 Å². The lowest BCUT2D eigenvalue weighted by Crippen LogP contribution is -2.29. The molecule has 1 N–H and O–H groups in total. The van der Waals surface area contributed by atoms with Gasteiger partial charge in [0.2, 0.25) is 0 Å². The second-order valence-corrected chi connectivity index (χ2v) is 8.06. The van der Waals surface area contributed by atoms with Gasteiger partial charge in [0.25, 0.3) is 15.0 Å². The minimum Gasteiger partial charge on any atom is -0.337 e. The van der Waals surface area contributed by atoms with E-state index in [1.54, 1.807) is 4.90 Å². The number of hydrogen-bond acceptors (Lipinski definition) is 4. The summed E-state index contributed by atoms with van der Waals surface area (Å²) in [4.78, 5) is 13.9. The van der Waals surface area contributed by atoms with E-state index in [2.05, 4.69) is 17.1 Å². The van der Waals surface area contributed by atoms with Crippen molar-refractivity contribution in [1.29, 1.82) is 0 Å². The topological polar surface area (TPSA) is 83.1 Å². The minimum absolute atomic E-state index is 0.0993. The zero-order valence-corrected chi connectivity index (χ0v) is 13.3. The molecule has 0 saturated carbocycles. The van der Waals surface area contributed by atoms with Crippen LogP contribution in [0.25, 0.3) is 0 Å². The maximum absolute atomic E-state index is 12.4. The van der Waals surface area contributed by atoms with E-state index >= 15 is 0 Å². The summed E-state index contributed by atoms with van der Waals surface area (Å²) in [5, 5.41) is 6.53. The van der Waals surface area contributed by atoms with Crippen LogP contribution in [0.3, 0.4) is 0 Å². The Labute approximate surface area is 122 Å². The Kier molecular flexibility index (Phi) is 4.11. The molecule has 2 rings (SSSR count). The molecule has 1 amide bonds. The highest BCUT2D eigenvalue weighted by molar-refractivity contribution is 8.13. The second-order valence-electron chi connectivity index (χ2n) is 5.55. The van der Waals surface area contributed by atoms with Gasteiger partial charge in [0.05, 0.1) is 5.69 Å². The van der Waals surface area contributed by atoms with Crippen molar-refractivity contribution in [3.63, 3.8) is 0 Å². The van der Waals surface area contributed by atoms with Gasteiger partial charge < -0.3 is 4.90 Å². The van der Waals surface area contributed by atoms with Crippen LogP contribution in [0.1, 0.15) is 49.3 Å². The largest absolute Gasteiger partial charge is 0.337 e. The van der Waals surface area contributed by atoms with Crippen molar-refractivity contribution in [3.05, 3.63) is 11.4 Å². The molecule has 1 atom stereocenters. The van der Waals surface area contributed by atoms with Gasteiger partial charge in [0, 0.05) is 23.8 Å². The van der Waals surface area contributed by atoms with Crippen molar-refractivity contribution in [2.75, 3.05) is 13.1 Å². The number of rotatable bonds is 3. The fourth-order valence-corrected chi connectivity index (χ4v) is 3.77. The Morgan fingerprint density at radius 3 is 2.60 bits per heavy atom. The lowest BCUT2D eigenvalue weighted by molar-refractivity contribution is 0.0778. The SMILES string of the molecule is CC1CCN(C(=O)c2n[nH]c(C(C)C)c2S(=O)(=O)Cl)C1. The summed E-state index contributed by atoms with van der Waals surface area (Å²) in [6, 6.07) is 0. The van der Waals surface area contributed by atoms with Crippen molar-refractivity contribution in [2.24, 2.45) is 5.92 Å². The van der Waals surface area contributed by atoms with E-state index in [9.17, 15) is 13.2 Å². The number of halogens is 1. The summed E-state index contributed by atoms with van der Waals surface area (Å²) in [7, 11) is 1.45. The molecule has 1 aromatic heterocycles. The van der Waals surface area contributed by atoms with Gasteiger partial charge in [0.15, 0.2) is 5.69 Å². The number of carbonyl (C=O) groups is 1. The van der Waals surface area contributed by atoms with Crippen molar-refractivity contribution in [2.45, 2.75) is 38.0 Å². The van der Waals surface area contributed by atoms with Crippen LogP contribution in [0.15, 0.2) is 4.90 Å². The molecule has 0 radical (unpaired) electrons. The number of nitrogens with one attached hydrogen (secondary N) is 1. The quantitative estimate of drug-likeness (QED) is 0.863. The number of aromatic nitrogens is 2. The normalized spacial score (nSPS) is 19.9. The van der Waals surface area contributed by atoms with Crippen LogP contribution in [0.4, 0.5) is 0 Å². The van der Waals surface area contributed by atoms with E-state index < -0.39 is 9.05 Å². The van der Waals surface area contributed by atoms with Gasteiger partial charge in [-0.1, -0.05) is 20.8 Å². The van der Waals surface area contributed by atoms with Crippen molar-refractivity contribution < 1.29 is 13.2 Å². The molecule has 2 heterocycles. The lowest BCUT2D eigenvalue weighted by atomic mass is 10.1. The molecule has 0 aliphatic carbocycles. The molecule has 1 aliphatic rings. The van der Waals surface area contributed by atoms with Gasteiger partial charge in [-0.05, 0) is 18.3 Å². The van der Waals surface area contributed by atoms with Gasteiger partial charge >= 0.3 is 0 Å². The Morgan fingerprint density at radius 1 is 1.50 bits per heavy atom. The van der Waals surface area contributed by atoms with E-state index in [-0.39, 0.29) is 22.4 Å². The predicted molar refractivity (Wildman–Crippen MR) is 75.4 cm³/mol. The Hall–Kier alpha value is -1.08. The van der Waals surface area contributed by atoms with Gasteiger partial charge in [-0.15, -0.1) is 0 Å². The summed E-state index contributed by atoms with van der Waals surface area (Å²) < 4.78 is 23.5. The first-order chi connectivity index (χ1) is 9.21. The van der Waals surface area contributed by atoms with Crippen molar-refractivity contribution in [3.8, 4) is 0 Å². The summed E-state index contributed by atoms with van der Waals surface area (Å²) in [6.45, 7) is 6.91. The minimum atomic E-state index is -4.02. The Balaban J connectivity index is 2.45. The van der Waals surface area contributed by atoms with Crippen LogP contribution < -0.4 is 0 Å². The zero-order valence-electron chi connectivity index (χ0n) is 11.7. The first-order valence-electron chi connectivity index (χ1n) is 6.54. The zero-order chi connectivity index (χ0) is 15.1. The molecule has 1 fully saturated rings. The van der Waals surface area contributed by atoms with Gasteiger partial charge in [0.1, 0.15) is 4.90 Å². The molecular weight excluding hydrogens is 302 g/mol. The number of aromatic amines is 1. The maximum Gasteiger partial charge on any atom is 0.275 e. The fraction of sp³-hybridized carbons (Fsp3) is 0.667. The number of likely N-dealkylation sites (tertiary alicyclic amines) is 1. The van der Waals surface area contributed by atoms with Crippen LogP contribution in [-0.4, -0.2) is 42.5 Å². The molecule has 1 aromatic rings. The van der Waals surface area contributed by atoms with Gasteiger partial charge in [-0.2, -0.15) is 5.10 Å². The molecule has 8 heteroatoms. The number of amides is 1. The maximum atomic E-state index is 12.4. The monoisotopic (exact) mass is 319 g/mol. The summed E-state index contributed by atoms with van der Waals surface area (Å²) in [5.74, 6) is -0.0830. The summed E-state index contributed by atoms with van der Waals surface area (Å²) in [6.07, 6.45) is 0.913. The Bertz CT molecular complexity index is 624. The van der Waals surface area contributed by atoms with Crippen LogP contribution in [0.2, 0.25) is 0 Å². The third-order valence-corrected chi connectivity index (χ3v) is 4.85. The highest BCUT2D eigenvalue weighted by Crippen LogP contribution is 2.29. The molecular formula is C12H18ClN3O3S. The van der Waals surface area contributed by atoms with Gasteiger partial charge in [-0.25, -0.2) is 8.42 Å². The first kappa shape index (κ1) is 15.3. The van der Waals surface area contributed by atoms with E-state index in [0.29, 0.717) is 24.7 Å². The van der Waals surface area contributed by atoms with E-state index in [1.165, 1.54) is 0 Å². The predicted octanol–water partition coefficient (Wildman–Crippen LogP) is 1.94. The van der Waals surface area contributed by atoms with Crippen molar-refractivity contribution >= 4 is 25.6 Å². The third-order valence-electron chi connectivity index (χ3n) is 3.48. The molecule has 20 heavy (non-hydrogen) atoms.